The molecule has 0 heterocycles. The van der Waals surface area contributed by atoms with E-state index in [-0.39, 0.29) is 11.7 Å². The first-order valence-electron chi connectivity index (χ1n) is 5.94. The van der Waals surface area contributed by atoms with Crippen molar-refractivity contribution in [2.24, 2.45) is 5.73 Å². The average Bonchev–Trinajstić information content (AvgIpc) is 2.41. The molecule has 0 aliphatic heterocycles. The lowest BCUT2D eigenvalue weighted by Crippen LogP contribution is -2.04. The van der Waals surface area contributed by atoms with Gasteiger partial charge >= 0.3 is 0 Å². The van der Waals surface area contributed by atoms with Gasteiger partial charge in [-0.25, -0.2) is 0 Å². The van der Waals surface area contributed by atoms with Gasteiger partial charge in [0.15, 0.2) is 0 Å². The zero-order valence-corrected chi connectivity index (χ0v) is 11.5. The molecule has 0 spiro atoms. The summed E-state index contributed by atoms with van der Waals surface area (Å²) in [5.74, 6) is 0.955. The smallest absolute Gasteiger partial charge is 0.269 e. The number of nitrogens with two attached hydrogens (primary N) is 1. The minimum atomic E-state index is -0.464. The fraction of sp³-hybridized carbons (Fsp3) is 0.143. The Morgan fingerprint density at radius 2 is 1.90 bits per heavy atom. The molecule has 0 unspecified atom stereocenters. The summed E-state index contributed by atoms with van der Waals surface area (Å²) in [6.07, 6.45) is 0. The summed E-state index contributed by atoms with van der Waals surface area (Å²) < 4.78 is 5.58. The van der Waals surface area contributed by atoms with Crippen molar-refractivity contribution in [2.75, 3.05) is 0 Å². The van der Waals surface area contributed by atoms with Gasteiger partial charge in [0.25, 0.3) is 5.69 Å². The molecule has 0 aliphatic carbocycles. The maximum Gasteiger partial charge on any atom is 0.269 e. The summed E-state index contributed by atoms with van der Waals surface area (Å²) in [6, 6.07) is 11.0. The predicted octanol–water partition coefficient (Wildman–Crippen LogP) is 4.06. The number of halogens is 1. The summed E-state index contributed by atoms with van der Waals surface area (Å²) in [7, 11) is 0. The Bertz CT molecular complexity index is 627. The molecule has 2 aromatic carbocycles. The lowest BCUT2D eigenvalue weighted by molar-refractivity contribution is -0.384. The highest BCUT2D eigenvalue weighted by molar-refractivity contribution is 6.32. The number of nitro benzene ring substituents is 1. The highest BCUT2D eigenvalue weighted by Crippen LogP contribution is 2.31. The minimum absolute atomic E-state index is 0.00996. The molecule has 0 aromatic heterocycles. The van der Waals surface area contributed by atoms with Gasteiger partial charge in [0.2, 0.25) is 0 Å². The van der Waals surface area contributed by atoms with Crippen molar-refractivity contribution in [3.63, 3.8) is 0 Å². The molecular weight excluding hydrogens is 280 g/mol. The van der Waals surface area contributed by atoms with E-state index in [1.807, 2.05) is 13.0 Å². The van der Waals surface area contributed by atoms with Crippen LogP contribution in [0, 0.1) is 10.1 Å². The third-order valence-electron chi connectivity index (χ3n) is 2.76. The Balaban J connectivity index is 2.19. The molecule has 6 heteroatoms. The summed E-state index contributed by atoms with van der Waals surface area (Å²) in [5.41, 5.74) is 6.69. The number of rotatable bonds is 4. The van der Waals surface area contributed by atoms with Gasteiger partial charge in [-0.1, -0.05) is 17.7 Å². The second kappa shape index (κ2) is 5.90. The fourth-order valence-corrected chi connectivity index (χ4v) is 1.87. The van der Waals surface area contributed by atoms with Crippen molar-refractivity contribution in [1.29, 1.82) is 0 Å². The lowest BCUT2D eigenvalue weighted by Gasteiger charge is -2.10. The van der Waals surface area contributed by atoms with Crippen LogP contribution >= 0.6 is 11.6 Å². The summed E-state index contributed by atoms with van der Waals surface area (Å²) in [4.78, 5) is 10.1. The second-order valence-electron chi connectivity index (χ2n) is 4.33. The number of hydrogen-bond acceptors (Lipinski definition) is 4. The molecule has 104 valence electrons. The third kappa shape index (κ3) is 3.26. The van der Waals surface area contributed by atoms with E-state index in [1.54, 1.807) is 12.1 Å². The van der Waals surface area contributed by atoms with E-state index in [4.69, 9.17) is 22.1 Å². The molecule has 2 N–H and O–H groups in total. The van der Waals surface area contributed by atoms with Crippen LogP contribution in [0.15, 0.2) is 42.5 Å². The predicted molar refractivity (Wildman–Crippen MR) is 77.2 cm³/mol. The van der Waals surface area contributed by atoms with Crippen LogP contribution in [0.1, 0.15) is 18.5 Å². The molecule has 2 rings (SSSR count). The van der Waals surface area contributed by atoms with Gasteiger partial charge in [0, 0.05) is 18.2 Å². The average molecular weight is 293 g/mol. The van der Waals surface area contributed by atoms with Gasteiger partial charge in [0.1, 0.15) is 11.5 Å². The standard InChI is InChI=1S/C14H13ClN2O3/c1-9(16)10-2-7-14(13(15)8-10)20-12-5-3-11(4-6-12)17(18)19/h2-9H,16H2,1H3/t9-/m1/s1. The Kier molecular flexibility index (Phi) is 4.22. The van der Waals surface area contributed by atoms with Gasteiger partial charge in [-0.15, -0.1) is 0 Å². The minimum Gasteiger partial charge on any atom is -0.456 e. The highest BCUT2D eigenvalue weighted by Gasteiger charge is 2.09. The first-order chi connectivity index (χ1) is 9.47. The molecule has 0 saturated heterocycles. The second-order valence-corrected chi connectivity index (χ2v) is 4.74. The van der Waals surface area contributed by atoms with Crippen LogP contribution in [0.5, 0.6) is 11.5 Å². The quantitative estimate of drug-likeness (QED) is 0.681. The van der Waals surface area contributed by atoms with E-state index in [9.17, 15) is 10.1 Å². The van der Waals surface area contributed by atoms with Crippen molar-refractivity contribution in [3.8, 4) is 11.5 Å². The van der Waals surface area contributed by atoms with Crippen LogP contribution in [-0.2, 0) is 0 Å². The van der Waals surface area contributed by atoms with Crippen LogP contribution in [0.2, 0.25) is 5.02 Å². The Labute approximate surface area is 121 Å². The van der Waals surface area contributed by atoms with E-state index in [2.05, 4.69) is 0 Å². The van der Waals surface area contributed by atoms with E-state index in [1.165, 1.54) is 24.3 Å². The summed E-state index contributed by atoms with van der Waals surface area (Å²) in [5, 5.41) is 11.0. The molecular formula is C14H13ClN2O3. The third-order valence-corrected chi connectivity index (χ3v) is 3.05. The normalized spacial score (nSPS) is 11.9. The van der Waals surface area contributed by atoms with Gasteiger partial charge in [-0.3, -0.25) is 10.1 Å². The first-order valence-corrected chi connectivity index (χ1v) is 6.32. The van der Waals surface area contributed by atoms with Crippen LogP contribution < -0.4 is 10.5 Å². The molecule has 1 atom stereocenters. The zero-order valence-electron chi connectivity index (χ0n) is 10.7. The van der Waals surface area contributed by atoms with Crippen molar-refractivity contribution in [1.82, 2.24) is 0 Å². The van der Waals surface area contributed by atoms with Gasteiger partial charge in [-0.05, 0) is 36.8 Å². The van der Waals surface area contributed by atoms with Gasteiger partial charge in [-0.2, -0.15) is 0 Å². The molecule has 5 nitrogen and oxygen atoms in total. The largest absolute Gasteiger partial charge is 0.456 e. The molecule has 0 bridgehead atoms. The lowest BCUT2D eigenvalue weighted by atomic mass is 10.1. The van der Waals surface area contributed by atoms with Crippen LogP contribution in [0.4, 0.5) is 5.69 Å². The molecule has 2 aromatic rings. The van der Waals surface area contributed by atoms with Gasteiger partial charge in [0.05, 0.1) is 9.95 Å². The van der Waals surface area contributed by atoms with E-state index in [0.29, 0.717) is 16.5 Å². The number of benzene rings is 2. The van der Waals surface area contributed by atoms with Crippen molar-refractivity contribution >= 4 is 17.3 Å². The van der Waals surface area contributed by atoms with Crippen molar-refractivity contribution < 1.29 is 9.66 Å². The van der Waals surface area contributed by atoms with E-state index in [0.717, 1.165) is 5.56 Å². The Hall–Kier alpha value is -2.11. The molecule has 0 fully saturated rings. The monoisotopic (exact) mass is 292 g/mol. The molecule has 20 heavy (non-hydrogen) atoms. The highest BCUT2D eigenvalue weighted by atomic mass is 35.5. The number of hydrogen-bond donors (Lipinski definition) is 1. The first kappa shape index (κ1) is 14.3. The zero-order chi connectivity index (χ0) is 14.7. The van der Waals surface area contributed by atoms with Crippen LogP contribution in [0.3, 0.4) is 0 Å². The van der Waals surface area contributed by atoms with Crippen molar-refractivity contribution in [2.45, 2.75) is 13.0 Å². The van der Waals surface area contributed by atoms with E-state index < -0.39 is 4.92 Å². The topological polar surface area (TPSA) is 78.4 Å². The number of nitro groups is 1. The Morgan fingerprint density at radius 1 is 1.25 bits per heavy atom. The molecule has 0 radical (unpaired) electrons. The van der Waals surface area contributed by atoms with E-state index >= 15 is 0 Å². The van der Waals surface area contributed by atoms with Crippen LogP contribution in [-0.4, -0.2) is 4.92 Å². The Morgan fingerprint density at radius 3 is 2.40 bits per heavy atom. The fourth-order valence-electron chi connectivity index (χ4n) is 1.65. The molecule has 0 aliphatic rings. The maximum absolute atomic E-state index is 10.6. The van der Waals surface area contributed by atoms with Crippen LogP contribution in [0.25, 0.3) is 0 Å². The molecule has 0 saturated carbocycles. The summed E-state index contributed by atoms with van der Waals surface area (Å²) in [6.45, 7) is 1.86. The summed E-state index contributed by atoms with van der Waals surface area (Å²) >= 11 is 6.12. The van der Waals surface area contributed by atoms with Crippen molar-refractivity contribution in [3.05, 3.63) is 63.2 Å². The SMILES string of the molecule is C[C@@H](N)c1ccc(Oc2ccc([N+](=O)[O-])cc2)c(Cl)c1. The number of non-ortho nitro benzene ring substituents is 1. The van der Waals surface area contributed by atoms with Gasteiger partial charge < -0.3 is 10.5 Å². The maximum atomic E-state index is 10.6. The number of ether oxygens (including phenoxy) is 1. The molecule has 0 amide bonds. The number of nitrogens with zero attached hydrogens (tertiary/aromatic N) is 1.